The number of nitrogens with two attached hydrogens (primary N) is 1. The summed E-state index contributed by atoms with van der Waals surface area (Å²) in [7, 11) is 0. The van der Waals surface area contributed by atoms with E-state index in [0.717, 1.165) is 25.4 Å². The van der Waals surface area contributed by atoms with Crippen LogP contribution in [0.4, 0.5) is 0 Å². The zero-order valence-corrected chi connectivity index (χ0v) is 11.0. The molecular weight excluding hydrogens is 264 g/mol. The molecule has 0 aliphatic heterocycles. The summed E-state index contributed by atoms with van der Waals surface area (Å²) in [5.74, 6) is 0.728. The number of rotatable bonds is 5. The summed E-state index contributed by atoms with van der Waals surface area (Å²) < 4.78 is 1.25. The Morgan fingerprint density at radius 2 is 2.06 bits per heavy atom. The van der Waals surface area contributed by atoms with E-state index in [0.29, 0.717) is 6.04 Å². The van der Waals surface area contributed by atoms with Gasteiger partial charge >= 0.3 is 0 Å². The Bertz CT molecular complexity index is 334. The minimum atomic E-state index is 0.698. The SMILES string of the molecule is NCCCNC1CC(c2ccccc2Br)C1. The van der Waals surface area contributed by atoms with E-state index in [2.05, 4.69) is 45.5 Å². The molecule has 16 heavy (non-hydrogen) atoms. The van der Waals surface area contributed by atoms with Gasteiger partial charge in [-0.05, 0) is 49.9 Å². The lowest BCUT2D eigenvalue weighted by Crippen LogP contribution is -2.40. The topological polar surface area (TPSA) is 38.0 Å². The maximum atomic E-state index is 5.47. The second-order valence-electron chi connectivity index (χ2n) is 4.48. The van der Waals surface area contributed by atoms with Crippen molar-refractivity contribution in [1.29, 1.82) is 0 Å². The van der Waals surface area contributed by atoms with Crippen LogP contribution in [0.15, 0.2) is 28.7 Å². The Balaban J connectivity index is 1.78. The molecule has 0 spiro atoms. The van der Waals surface area contributed by atoms with E-state index in [4.69, 9.17) is 5.73 Å². The Kier molecular flexibility index (Phi) is 4.38. The van der Waals surface area contributed by atoms with Crippen molar-refractivity contribution < 1.29 is 0 Å². The minimum absolute atomic E-state index is 0.698. The largest absolute Gasteiger partial charge is 0.330 e. The third-order valence-electron chi connectivity index (χ3n) is 3.30. The molecule has 1 aliphatic rings. The van der Waals surface area contributed by atoms with Gasteiger partial charge in [0.15, 0.2) is 0 Å². The molecule has 0 unspecified atom stereocenters. The molecule has 0 saturated heterocycles. The van der Waals surface area contributed by atoms with Crippen LogP contribution in [0.1, 0.15) is 30.7 Å². The van der Waals surface area contributed by atoms with Crippen LogP contribution in [0.5, 0.6) is 0 Å². The van der Waals surface area contributed by atoms with Gasteiger partial charge in [-0.25, -0.2) is 0 Å². The van der Waals surface area contributed by atoms with Gasteiger partial charge in [0.1, 0.15) is 0 Å². The number of hydrogen-bond donors (Lipinski definition) is 2. The average Bonchev–Trinajstić information content (AvgIpc) is 2.23. The van der Waals surface area contributed by atoms with Crippen molar-refractivity contribution in [2.45, 2.75) is 31.2 Å². The van der Waals surface area contributed by atoms with Gasteiger partial charge in [-0.3, -0.25) is 0 Å². The van der Waals surface area contributed by atoms with Crippen molar-refractivity contribution in [2.75, 3.05) is 13.1 Å². The summed E-state index contributed by atoms with van der Waals surface area (Å²) in [6, 6.07) is 9.25. The molecule has 3 heteroatoms. The first kappa shape index (κ1) is 12.1. The lowest BCUT2D eigenvalue weighted by atomic mass is 9.76. The average molecular weight is 283 g/mol. The molecule has 2 nitrogen and oxygen atoms in total. The standard InChI is InChI=1S/C13H19BrN2/c14-13-5-2-1-4-12(13)10-8-11(9-10)16-7-3-6-15/h1-2,4-5,10-11,16H,3,6-9,15H2. The van der Waals surface area contributed by atoms with Crippen LogP contribution < -0.4 is 11.1 Å². The van der Waals surface area contributed by atoms with Crippen molar-refractivity contribution in [3.05, 3.63) is 34.3 Å². The summed E-state index contributed by atoms with van der Waals surface area (Å²) in [6.07, 6.45) is 3.59. The van der Waals surface area contributed by atoms with Crippen LogP contribution in [0.25, 0.3) is 0 Å². The van der Waals surface area contributed by atoms with Crippen LogP contribution in [0.3, 0.4) is 0 Å². The van der Waals surface area contributed by atoms with Gasteiger partial charge in [-0.15, -0.1) is 0 Å². The maximum absolute atomic E-state index is 5.47. The fourth-order valence-corrected chi connectivity index (χ4v) is 2.86. The van der Waals surface area contributed by atoms with E-state index in [-0.39, 0.29) is 0 Å². The number of benzene rings is 1. The highest BCUT2D eigenvalue weighted by Crippen LogP contribution is 2.39. The predicted octanol–water partition coefficient (Wildman–Crippen LogP) is 2.63. The van der Waals surface area contributed by atoms with E-state index >= 15 is 0 Å². The van der Waals surface area contributed by atoms with Crippen LogP contribution in [0.2, 0.25) is 0 Å². The first-order chi connectivity index (χ1) is 7.81. The number of halogens is 1. The lowest BCUT2D eigenvalue weighted by molar-refractivity contribution is 0.290. The predicted molar refractivity (Wildman–Crippen MR) is 71.6 cm³/mol. The van der Waals surface area contributed by atoms with Gasteiger partial charge < -0.3 is 11.1 Å². The van der Waals surface area contributed by atoms with Crippen LogP contribution >= 0.6 is 15.9 Å². The molecule has 1 saturated carbocycles. The molecule has 1 aliphatic carbocycles. The molecule has 3 N–H and O–H groups in total. The Labute approximate surface area is 106 Å². The normalized spacial score (nSPS) is 24.1. The fourth-order valence-electron chi connectivity index (χ4n) is 2.25. The zero-order chi connectivity index (χ0) is 11.4. The van der Waals surface area contributed by atoms with Crippen LogP contribution in [-0.2, 0) is 0 Å². The summed E-state index contributed by atoms with van der Waals surface area (Å²) >= 11 is 3.62. The van der Waals surface area contributed by atoms with Crippen LogP contribution in [-0.4, -0.2) is 19.1 Å². The molecule has 0 heterocycles. The number of nitrogens with one attached hydrogen (secondary N) is 1. The molecule has 0 bridgehead atoms. The van der Waals surface area contributed by atoms with Crippen molar-refractivity contribution in [1.82, 2.24) is 5.32 Å². The first-order valence-corrected chi connectivity index (χ1v) is 6.78. The third-order valence-corrected chi connectivity index (χ3v) is 4.02. The Morgan fingerprint density at radius 3 is 2.75 bits per heavy atom. The van der Waals surface area contributed by atoms with E-state index in [1.165, 1.54) is 22.9 Å². The van der Waals surface area contributed by atoms with Crippen molar-refractivity contribution in [2.24, 2.45) is 5.73 Å². The molecule has 0 aromatic heterocycles. The van der Waals surface area contributed by atoms with E-state index in [9.17, 15) is 0 Å². The summed E-state index contributed by atoms with van der Waals surface area (Å²) in [4.78, 5) is 0. The molecule has 0 amide bonds. The van der Waals surface area contributed by atoms with Gasteiger partial charge in [0, 0.05) is 10.5 Å². The second kappa shape index (κ2) is 5.80. The maximum Gasteiger partial charge on any atom is 0.0210 e. The van der Waals surface area contributed by atoms with Crippen LogP contribution in [0, 0.1) is 0 Å². The fraction of sp³-hybridized carbons (Fsp3) is 0.538. The Morgan fingerprint density at radius 1 is 1.31 bits per heavy atom. The van der Waals surface area contributed by atoms with Crippen molar-refractivity contribution in [3.63, 3.8) is 0 Å². The smallest absolute Gasteiger partial charge is 0.0210 e. The van der Waals surface area contributed by atoms with Crippen molar-refractivity contribution >= 4 is 15.9 Å². The summed E-state index contributed by atoms with van der Waals surface area (Å²) in [5.41, 5.74) is 6.92. The Hall–Kier alpha value is -0.380. The highest BCUT2D eigenvalue weighted by Gasteiger charge is 2.30. The first-order valence-electron chi connectivity index (χ1n) is 5.99. The molecule has 1 fully saturated rings. The van der Waals surface area contributed by atoms with Gasteiger partial charge in [0.05, 0.1) is 0 Å². The molecule has 0 atom stereocenters. The molecule has 88 valence electrons. The van der Waals surface area contributed by atoms with Crippen molar-refractivity contribution in [3.8, 4) is 0 Å². The van der Waals surface area contributed by atoms with E-state index in [1.807, 2.05) is 0 Å². The molecule has 1 aromatic carbocycles. The van der Waals surface area contributed by atoms with Gasteiger partial charge in [0.25, 0.3) is 0 Å². The number of hydrogen-bond acceptors (Lipinski definition) is 2. The van der Waals surface area contributed by atoms with Gasteiger partial charge in [-0.2, -0.15) is 0 Å². The van der Waals surface area contributed by atoms with Gasteiger partial charge in [-0.1, -0.05) is 34.1 Å². The van der Waals surface area contributed by atoms with E-state index in [1.54, 1.807) is 0 Å². The van der Waals surface area contributed by atoms with Gasteiger partial charge in [0.2, 0.25) is 0 Å². The van der Waals surface area contributed by atoms with E-state index < -0.39 is 0 Å². The summed E-state index contributed by atoms with van der Waals surface area (Å²) in [5, 5.41) is 3.54. The quantitative estimate of drug-likeness (QED) is 0.815. The lowest BCUT2D eigenvalue weighted by Gasteiger charge is -2.37. The third kappa shape index (κ3) is 2.84. The molecule has 1 aromatic rings. The monoisotopic (exact) mass is 282 g/mol. The molecule has 0 radical (unpaired) electrons. The molecular formula is C13H19BrN2. The minimum Gasteiger partial charge on any atom is -0.330 e. The second-order valence-corrected chi connectivity index (χ2v) is 5.34. The zero-order valence-electron chi connectivity index (χ0n) is 9.45. The highest BCUT2D eigenvalue weighted by atomic mass is 79.9. The molecule has 2 rings (SSSR count). The summed E-state index contributed by atoms with van der Waals surface area (Å²) in [6.45, 7) is 1.84. The highest BCUT2D eigenvalue weighted by molar-refractivity contribution is 9.10.